The molecule has 1 aromatic rings. The zero-order valence-corrected chi connectivity index (χ0v) is 15.6. The monoisotopic (exact) mass is 365 g/mol. The molecular formula is C18H27N3O5. The third-order valence-corrected chi connectivity index (χ3v) is 4.31. The Morgan fingerprint density at radius 2 is 1.50 bits per heavy atom. The number of carbonyl (C=O) groups excluding carboxylic acids is 2. The van der Waals surface area contributed by atoms with Gasteiger partial charge in [0.2, 0.25) is 5.75 Å². The standard InChI is InChI=1S/C18H27N3O5/c1-24-14-10-13(11-15(25-2)17(14)26-3)18(23)20-19-16(22)12-21-8-6-4-5-7-9-21/h10-11H,4-9,12H2,1-3H3,(H,19,22)(H,20,23). The Bertz CT molecular complexity index is 602. The van der Waals surface area contributed by atoms with Gasteiger partial charge in [-0.3, -0.25) is 25.3 Å². The van der Waals surface area contributed by atoms with E-state index in [1.807, 2.05) is 0 Å². The fourth-order valence-corrected chi connectivity index (χ4v) is 2.95. The predicted octanol–water partition coefficient (Wildman–Crippen LogP) is 1.35. The molecule has 1 aromatic carbocycles. The minimum atomic E-state index is -0.464. The van der Waals surface area contributed by atoms with Crippen LogP contribution in [0.4, 0.5) is 0 Å². The van der Waals surface area contributed by atoms with Crippen LogP contribution in [0.25, 0.3) is 0 Å². The Kier molecular flexibility index (Phi) is 7.53. The molecule has 2 amide bonds. The second-order valence-electron chi connectivity index (χ2n) is 6.11. The molecule has 0 spiro atoms. The maximum Gasteiger partial charge on any atom is 0.269 e. The molecule has 0 radical (unpaired) electrons. The minimum Gasteiger partial charge on any atom is -0.493 e. The van der Waals surface area contributed by atoms with Gasteiger partial charge in [0.1, 0.15) is 0 Å². The molecule has 0 saturated carbocycles. The van der Waals surface area contributed by atoms with Crippen molar-refractivity contribution in [3.63, 3.8) is 0 Å². The number of nitrogens with zero attached hydrogens (tertiary/aromatic N) is 1. The summed E-state index contributed by atoms with van der Waals surface area (Å²) in [5.74, 6) is 0.429. The second-order valence-corrected chi connectivity index (χ2v) is 6.11. The molecule has 1 heterocycles. The van der Waals surface area contributed by atoms with Crippen LogP contribution in [0.5, 0.6) is 17.2 Å². The van der Waals surface area contributed by atoms with Gasteiger partial charge in [-0.25, -0.2) is 0 Å². The number of hydrazine groups is 1. The van der Waals surface area contributed by atoms with E-state index in [4.69, 9.17) is 14.2 Å². The van der Waals surface area contributed by atoms with Crippen molar-refractivity contribution in [1.82, 2.24) is 15.8 Å². The van der Waals surface area contributed by atoms with Gasteiger partial charge in [0.15, 0.2) is 11.5 Å². The highest BCUT2D eigenvalue weighted by Gasteiger charge is 2.18. The SMILES string of the molecule is COc1cc(C(=O)NNC(=O)CN2CCCCCC2)cc(OC)c1OC. The summed E-state index contributed by atoms with van der Waals surface area (Å²) >= 11 is 0. The summed E-state index contributed by atoms with van der Waals surface area (Å²) in [6.45, 7) is 2.10. The maximum atomic E-state index is 12.3. The van der Waals surface area contributed by atoms with E-state index in [1.54, 1.807) is 0 Å². The molecule has 0 aromatic heterocycles. The summed E-state index contributed by atoms with van der Waals surface area (Å²) in [5.41, 5.74) is 5.17. The summed E-state index contributed by atoms with van der Waals surface area (Å²) in [6.07, 6.45) is 4.61. The fraction of sp³-hybridized carbons (Fsp3) is 0.556. The summed E-state index contributed by atoms with van der Waals surface area (Å²) in [7, 11) is 4.44. The summed E-state index contributed by atoms with van der Waals surface area (Å²) < 4.78 is 15.7. The van der Waals surface area contributed by atoms with Crippen LogP contribution in [-0.4, -0.2) is 57.7 Å². The average molecular weight is 365 g/mol. The smallest absolute Gasteiger partial charge is 0.269 e. The van der Waals surface area contributed by atoms with E-state index in [9.17, 15) is 9.59 Å². The Hall–Kier alpha value is -2.48. The van der Waals surface area contributed by atoms with Gasteiger partial charge in [-0.15, -0.1) is 0 Å². The average Bonchev–Trinajstić information content (AvgIpc) is 2.93. The molecule has 2 rings (SSSR count). The largest absolute Gasteiger partial charge is 0.493 e. The number of nitrogens with one attached hydrogen (secondary N) is 2. The van der Waals surface area contributed by atoms with Crippen LogP contribution < -0.4 is 25.1 Å². The third kappa shape index (κ3) is 5.26. The summed E-state index contributed by atoms with van der Waals surface area (Å²) in [4.78, 5) is 26.5. The summed E-state index contributed by atoms with van der Waals surface area (Å²) in [5, 5.41) is 0. The van der Waals surface area contributed by atoms with Crippen molar-refractivity contribution in [3.05, 3.63) is 17.7 Å². The van der Waals surface area contributed by atoms with Crippen molar-refractivity contribution in [3.8, 4) is 17.2 Å². The first-order chi connectivity index (χ1) is 12.6. The van der Waals surface area contributed by atoms with E-state index < -0.39 is 5.91 Å². The van der Waals surface area contributed by atoms with Gasteiger partial charge in [-0.1, -0.05) is 12.8 Å². The van der Waals surface area contributed by atoms with Crippen LogP contribution in [0.1, 0.15) is 36.0 Å². The molecule has 0 bridgehead atoms. The number of rotatable bonds is 6. The molecule has 0 aliphatic carbocycles. The van der Waals surface area contributed by atoms with Crippen molar-refractivity contribution in [1.29, 1.82) is 0 Å². The lowest BCUT2D eigenvalue weighted by Crippen LogP contribution is -2.46. The van der Waals surface area contributed by atoms with E-state index in [0.29, 0.717) is 17.2 Å². The number of amides is 2. The third-order valence-electron chi connectivity index (χ3n) is 4.31. The highest BCUT2D eigenvalue weighted by molar-refractivity contribution is 5.96. The summed E-state index contributed by atoms with van der Waals surface area (Å²) in [6, 6.07) is 3.05. The molecule has 0 atom stereocenters. The van der Waals surface area contributed by atoms with Crippen LogP contribution in [0.15, 0.2) is 12.1 Å². The molecule has 8 nitrogen and oxygen atoms in total. The quantitative estimate of drug-likeness (QED) is 0.740. The first kappa shape index (κ1) is 19.8. The van der Waals surface area contributed by atoms with E-state index in [2.05, 4.69) is 15.8 Å². The zero-order valence-electron chi connectivity index (χ0n) is 15.6. The molecule has 8 heteroatoms. The van der Waals surface area contributed by atoms with Gasteiger partial charge in [0.25, 0.3) is 11.8 Å². The molecule has 0 unspecified atom stereocenters. The lowest BCUT2D eigenvalue weighted by atomic mass is 10.1. The molecular weight excluding hydrogens is 338 g/mol. The van der Waals surface area contributed by atoms with Crippen molar-refractivity contribution in [2.24, 2.45) is 0 Å². The van der Waals surface area contributed by atoms with Gasteiger partial charge in [-0.05, 0) is 38.1 Å². The molecule has 1 aliphatic rings. The lowest BCUT2D eigenvalue weighted by Gasteiger charge is -2.19. The number of benzene rings is 1. The highest BCUT2D eigenvalue weighted by atomic mass is 16.5. The van der Waals surface area contributed by atoms with Gasteiger partial charge < -0.3 is 14.2 Å². The van der Waals surface area contributed by atoms with Gasteiger partial charge in [0.05, 0.1) is 27.9 Å². The van der Waals surface area contributed by atoms with Crippen LogP contribution >= 0.6 is 0 Å². The molecule has 26 heavy (non-hydrogen) atoms. The van der Waals surface area contributed by atoms with Crippen molar-refractivity contribution in [2.75, 3.05) is 41.0 Å². The van der Waals surface area contributed by atoms with Gasteiger partial charge >= 0.3 is 0 Å². The van der Waals surface area contributed by atoms with Gasteiger partial charge in [-0.2, -0.15) is 0 Å². The zero-order chi connectivity index (χ0) is 18.9. The Balaban J connectivity index is 1.95. The lowest BCUT2D eigenvalue weighted by molar-refractivity contribution is -0.123. The van der Waals surface area contributed by atoms with Crippen molar-refractivity contribution >= 4 is 11.8 Å². The number of carbonyl (C=O) groups is 2. The topological polar surface area (TPSA) is 89.1 Å². The first-order valence-corrected chi connectivity index (χ1v) is 8.70. The van der Waals surface area contributed by atoms with E-state index in [0.717, 1.165) is 25.9 Å². The number of methoxy groups -OCH3 is 3. The molecule has 1 saturated heterocycles. The normalized spacial score (nSPS) is 14.9. The molecule has 1 fully saturated rings. The van der Waals surface area contributed by atoms with Crippen LogP contribution in [0.3, 0.4) is 0 Å². The Morgan fingerprint density at radius 3 is 2.00 bits per heavy atom. The fourth-order valence-electron chi connectivity index (χ4n) is 2.95. The predicted molar refractivity (Wildman–Crippen MR) is 96.6 cm³/mol. The Morgan fingerprint density at radius 1 is 0.923 bits per heavy atom. The van der Waals surface area contributed by atoms with E-state index >= 15 is 0 Å². The maximum absolute atomic E-state index is 12.3. The molecule has 2 N–H and O–H groups in total. The molecule has 1 aliphatic heterocycles. The number of hydrogen-bond donors (Lipinski definition) is 2. The number of likely N-dealkylation sites (tertiary alicyclic amines) is 1. The Labute approximate surface area is 153 Å². The van der Waals surface area contributed by atoms with Crippen LogP contribution in [0.2, 0.25) is 0 Å². The number of hydrogen-bond acceptors (Lipinski definition) is 6. The van der Waals surface area contributed by atoms with Crippen molar-refractivity contribution in [2.45, 2.75) is 25.7 Å². The highest BCUT2D eigenvalue weighted by Crippen LogP contribution is 2.38. The number of ether oxygens (including phenoxy) is 3. The molecule has 144 valence electrons. The minimum absolute atomic E-state index is 0.243. The first-order valence-electron chi connectivity index (χ1n) is 8.70. The van der Waals surface area contributed by atoms with Gasteiger partial charge in [0, 0.05) is 5.56 Å². The van der Waals surface area contributed by atoms with Crippen LogP contribution in [-0.2, 0) is 4.79 Å². The van der Waals surface area contributed by atoms with E-state index in [-0.39, 0.29) is 18.0 Å². The van der Waals surface area contributed by atoms with E-state index in [1.165, 1.54) is 46.3 Å². The van der Waals surface area contributed by atoms with Crippen LogP contribution in [0, 0.1) is 0 Å². The second kappa shape index (κ2) is 9.86. The van der Waals surface area contributed by atoms with Crippen molar-refractivity contribution < 1.29 is 23.8 Å².